The lowest BCUT2D eigenvalue weighted by atomic mass is 9.69. The quantitative estimate of drug-likeness (QED) is 0.803. The first-order valence-electron chi connectivity index (χ1n) is 7.90. The molecule has 1 fully saturated rings. The van der Waals surface area contributed by atoms with E-state index < -0.39 is 0 Å². The summed E-state index contributed by atoms with van der Waals surface area (Å²) >= 11 is 3.55. The summed E-state index contributed by atoms with van der Waals surface area (Å²) in [5.41, 5.74) is 2.34. The number of Topliss-reactive ketones (excluding diaryl/α,β-unsaturated/α-hetero) is 1. The van der Waals surface area contributed by atoms with Crippen LogP contribution >= 0.6 is 15.9 Å². The highest BCUT2D eigenvalue weighted by molar-refractivity contribution is 9.10. The lowest BCUT2D eigenvalue weighted by Gasteiger charge is -2.36. The maximum atomic E-state index is 12.6. The Balaban J connectivity index is 1.97. The van der Waals surface area contributed by atoms with Crippen molar-refractivity contribution in [3.05, 3.63) is 15.9 Å². The zero-order valence-corrected chi connectivity index (χ0v) is 15.5. The van der Waals surface area contributed by atoms with E-state index in [9.17, 15) is 4.79 Å². The monoisotopic (exact) mass is 354 g/mol. The molecule has 0 atom stereocenters. The van der Waals surface area contributed by atoms with Crippen molar-refractivity contribution in [2.45, 2.75) is 59.8 Å². The van der Waals surface area contributed by atoms with Crippen LogP contribution in [0.2, 0.25) is 0 Å². The van der Waals surface area contributed by atoms with Gasteiger partial charge in [0.1, 0.15) is 5.78 Å². The third kappa shape index (κ3) is 3.77. The van der Waals surface area contributed by atoms with Gasteiger partial charge in [0.05, 0.1) is 15.9 Å². The lowest BCUT2D eigenvalue weighted by molar-refractivity contribution is -0.123. The number of hydrogen-bond donors (Lipinski definition) is 0. The summed E-state index contributed by atoms with van der Waals surface area (Å²) in [5, 5.41) is 4.37. The van der Waals surface area contributed by atoms with Crippen molar-refractivity contribution in [1.82, 2.24) is 9.78 Å². The molecule has 1 aliphatic rings. The minimum absolute atomic E-state index is 0.241. The van der Waals surface area contributed by atoms with Gasteiger partial charge in [-0.15, -0.1) is 0 Å². The number of carbonyl (C=O) groups excluding carboxylic acids is 1. The van der Waals surface area contributed by atoms with Gasteiger partial charge in [-0.2, -0.15) is 5.10 Å². The second-order valence-corrected chi connectivity index (χ2v) is 8.32. The Bertz CT molecular complexity index is 520. The molecule has 0 unspecified atom stereocenters. The highest BCUT2D eigenvalue weighted by atomic mass is 79.9. The fraction of sp³-hybridized carbons (Fsp3) is 0.765. The predicted octanol–water partition coefficient (Wildman–Crippen LogP) is 4.46. The standard InChI is InChI=1S/C17H27BrN2O/c1-11-16(18)14(20(5)19-11)10-15(21)12-6-8-13(9-7-12)17(2,3)4/h12-13H,6-10H2,1-5H3. The fourth-order valence-corrected chi connectivity index (χ4v) is 3.94. The van der Waals surface area contributed by atoms with Crippen LogP contribution in [-0.2, 0) is 18.3 Å². The summed E-state index contributed by atoms with van der Waals surface area (Å²) in [6.45, 7) is 8.91. The molecule has 118 valence electrons. The van der Waals surface area contributed by atoms with Crippen molar-refractivity contribution >= 4 is 21.7 Å². The number of aryl methyl sites for hydroxylation is 2. The van der Waals surface area contributed by atoms with E-state index in [1.165, 1.54) is 12.8 Å². The Kier molecular flexibility index (Phi) is 4.96. The van der Waals surface area contributed by atoms with Crippen molar-refractivity contribution in [2.24, 2.45) is 24.3 Å². The number of halogens is 1. The van der Waals surface area contributed by atoms with Gasteiger partial charge in [0, 0.05) is 19.4 Å². The normalized spacial score (nSPS) is 23.3. The Hall–Kier alpha value is -0.640. The molecular formula is C17H27BrN2O. The summed E-state index contributed by atoms with van der Waals surface area (Å²) in [7, 11) is 1.91. The SMILES string of the molecule is Cc1nn(C)c(CC(=O)C2CCC(C(C)(C)C)CC2)c1Br. The molecule has 0 amide bonds. The van der Waals surface area contributed by atoms with Crippen LogP contribution in [0.3, 0.4) is 0 Å². The molecule has 1 aromatic rings. The third-order valence-corrected chi connectivity index (χ3v) is 6.04. The molecule has 1 saturated carbocycles. The second-order valence-electron chi connectivity index (χ2n) is 7.53. The summed E-state index contributed by atoms with van der Waals surface area (Å²) in [6.07, 6.45) is 4.98. The number of nitrogens with zero attached hydrogens (tertiary/aromatic N) is 2. The summed E-state index contributed by atoms with van der Waals surface area (Å²) in [4.78, 5) is 12.6. The van der Waals surface area contributed by atoms with E-state index in [4.69, 9.17) is 0 Å². The first kappa shape index (κ1) is 16.7. The van der Waals surface area contributed by atoms with Crippen LogP contribution in [0.5, 0.6) is 0 Å². The van der Waals surface area contributed by atoms with E-state index >= 15 is 0 Å². The maximum absolute atomic E-state index is 12.6. The van der Waals surface area contributed by atoms with Gasteiger partial charge in [-0.3, -0.25) is 9.48 Å². The number of ketones is 1. The Labute approximate surface area is 136 Å². The molecule has 0 bridgehead atoms. The molecule has 4 heteroatoms. The van der Waals surface area contributed by atoms with Gasteiger partial charge in [-0.1, -0.05) is 20.8 Å². The largest absolute Gasteiger partial charge is 0.299 e. The number of hydrogen-bond acceptors (Lipinski definition) is 2. The third-order valence-electron chi connectivity index (χ3n) is 5.01. The molecule has 21 heavy (non-hydrogen) atoms. The average molecular weight is 355 g/mol. The zero-order chi connectivity index (χ0) is 15.8. The van der Waals surface area contributed by atoms with E-state index in [1.54, 1.807) is 0 Å². The van der Waals surface area contributed by atoms with Gasteiger partial charge < -0.3 is 0 Å². The average Bonchev–Trinajstić information content (AvgIpc) is 2.64. The predicted molar refractivity (Wildman–Crippen MR) is 89.3 cm³/mol. The number of carbonyl (C=O) groups is 1. The summed E-state index contributed by atoms with van der Waals surface area (Å²) < 4.78 is 2.82. The Morgan fingerprint density at radius 1 is 1.29 bits per heavy atom. The van der Waals surface area contributed by atoms with Crippen molar-refractivity contribution in [1.29, 1.82) is 0 Å². The molecule has 0 spiro atoms. The smallest absolute Gasteiger partial charge is 0.141 e. The van der Waals surface area contributed by atoms with Crippen LogP contribution in [0.15, 0.2) is 4.47 Å². The molecular weight excluding hydrogens is 328 g/mol. The van der Waals surface area contributed by atoms with Gasteiger partial charge in [-0.25, -0.2) is 0 Å². The Morgan fingerprint density at radius 2 is 1.86 bits per heavy atom. The molecule has 1 aromatic heterocycles. The van der Waals surface area contributed by atoms with Crippen LogP contribution in [-0.4, -0.2) is 15.6 Å². The molecule has 1 aliphatic carbocycles. The van der Waals surface area contributed by atoms with Gasteiger partial charge in [0.15, 0.2) is 0 Å². The zero-order valence-electron chi connectivity index (χ0n) is 13.9. The molecule has 0 radical (unpaired) electrons. The minimum atomic E-state index is 0.241. The first-order chi connectivity index (χ1) is 9.70. The van der Waals surface area contributed by atoms with Gasteiger partial charge in [-0.05, 0) is 59.9 Å². The molecule has 0 aliphatic heterocycles. The lowest BCUT2D eigenvalue weighted by Crippen LogP contribution is -2.29. The highest BCUT2D eigenvalue weighted by Gasteiger charge is 2.32. The number of aromatic nitrogens is 2. The van der Waals surface area contributed by atoms with E-state index in [-0.39, 0.29) is 5.92 Å². The topological polar surface area (TPSA) is 34.9 Å². The molecule has 1 heterocycles. The highest BCUT2D eigenvalue weighted by Crippen LogP contribution is 2.40. The van der Waals surface area contributed by atoms with Gasteiger partial charge in [0.2, 0.25) is 0 Å². The summed E-state index contributed by atoms with van der Waals surface area (Å²) in [5.74, 6) is 1.38. The van der Waals surface area contributed by atoms with Crippen molar-refractivity contribution < 1.29 is 4.79 Å². The van der Waals surface area contributed by atoms with Crippen molar-refractivity contribution in [3.63, 3.8) is 0 Å². The van der Waals surface area contributed by atoms with E-state index in [0.717, 1.165) is 34.6 Å². The molecule has 3 nitrogen and oxygen atoms in total. The molecule has 0 saturated heterocycles. The second kappa shape index (κ2) is 6.23. The Morgan fingerprint density at radius 3 is 2.29 bits per heavy atom. The minimum Gasteiger partial charge on any atom is -0.299 e. The van der Waals surface area contributed by atoms with Crippen LogP contribution in [0, 0.1) is 24.2 Å². The van der Waals surface area contributed by atoms with Crippen LogP contribution in [0.1, 0.15) is 57.8 Å². The van der Waals surface area contributed by atoms with E-state index in [1.807, 2.05) is 18.7 Å². The first-order valence-corrected chi connectivity index (χ1v) is 8.70. The molecule has 0 N–H and O–H groups in total. The van der Waals surface area contributed by atoms with Gasteiger partial charge >= 0.3 is 0 Å². The van der Waals surface area contributed by atoms with E-state index in [0.29, 0.717) is 17.6 Å². The van der Waals surface area contributed by atoms with Crippen LogP contribution in [0.25, 0.3) is 0 Å². The fourth-order valence-electron chi connectivity index (χ4n) is 3.46. The van der Waals surface area contributed by atoms with Crippen LogP contribution < -0.4 is 0 Å². The van der Waals surface area contributed by atoms with Crippen molar-refractivity contribution in [3.8, 4) is 0 Å². The number of rotatable bonds is 3. The maximum Gasteiger partial charge on any atom is 0.141 e. The van der Waals surface area contributed by atoms with Gasteiger partial charge in [0.25, 0.3) is 0 Å². The molecule has 2 rings (SSSR count). The molecule has 0 aromatic carbocycles. The summed E-state index contributed by atoms with van der Waals surface area (Å²) in [6, 6.07) is 0. The van der Waals surface area contributed by atoms with Crippen molar-refractivity contribution in [2.75, 3.05) is 0 Å². The van der Waals surface area contributed by atoms with E-state index in [2.05, 4.69) is 41.8 Å². The van der Waals surface area contributed by atoms with Crippen LogP contribution in [0.4, 0.5) is 0 Å².